The average molecular weight is 234 g/mol. The zero-order valence-corrected chi connectivity index (χ0v) is 11.2. The summed E-state index contributed by atoms with van der Waals surface area (Å²) in [6.45, 7) is 10.8. The van der Waals surface area contributed by atoms with Crippen molar-refractivity contribution in [2.75, 3.05) is 6.54 Å². The van der Waals surface area contributed by atoms with Crippen LogP contribution in [0.4, 0.5) is 0 Å². The maximum absolute atomic E-state index is 11.5. The van der Waals surface area contributed by atoms with Crippen LogP contribution in [0.5, 0.6) is 0 Å². The first-order valence-corrected chi connectivity index (χ1v) is 6.26. The molecule has 2 rings (SSSR count). The van der Waals surface area contributed by atoms with Gasteiger partial charge in [-0.05, 0) is 16.9 Å². The van der Waals surface area contributed by atoms with E-state index in [4.69, 9.17) is 0 Å². The molecule has 1 heterocycles. The lowest BCUT2D eigenvalue weighted by Gasteiger charge is -2.08. The van der Waals surface area contributed by atoms with Crippen molar-refractivity contribution in [3.63, 3.8) is 0 Å². The molecule has 3 nitrogen and oxygen atoms in total. The highest BCUT2D eigenvalue weighted by Gasteiger charge is 2.64. The molecule has 1 N–H and O–H groups in total. The summed E-state index contributed by atoms with van der Waals surface area (Å²) in [5.74, 6) is 0. The second kappa shape index (κ2) is 3.98. The van der Waals surface area contributed by atoms with E-state index in [0.717, 1.165) is 13.1 Å². The highest BCUT2D eigenvalue weighted by molar-refractivity contribution is 5.17. The minimum Gasteiger partial charge on any atom is -0.314 e. The fourth-order valence-corrected chi connectivity index (χ4v) is 2.68. The molecule has 0 aromatic carbocycles. The molecule has 1 aromatic rings. The fourth-order valence-electron chi connectivity index (χ4n) is 2.68. The first kappa shape index (κ1) is 12.4. The topological polar surface area (TPSA) is 34.0 Å². The Morgan fingerprint density at radius 1 is 1.24 bits per heavy atom. The van der Waals surface area contributed by atoms with Gasteiger partial charge in [-0.25, -0.2) is 0 Å². The molecular weight excluding hydrogens is 212 g/mol. The van der Waals surface area contributed by atoms with Crippen molar-refractivity contribution < 1.29 is 0 Å². The zero-order valence-electron chi connectivity index (χ0n) is 11.2. The van der Waals surface area contributed by atoms with Gasteiger partial charge in [0.1, 0.15) is 0 Å². The fraction of sp³-hybridized carbons (Fsp3) is 0.643. The summed E-state index contributed by atoms with van der Waals surface area (Å²) < 4.78 is 1.75. The van der Waals surface area contributed by atoms with E-state index in [2.05, 4.69) is 33.0 Å². The summed E-state index contributed by atoms with van der Waals surface area (Å²) in [5, 5.41) is 3.55. The molecule has 1 aliphatic carbocycles. The highest BCUT2D eigenvalue weighted by atomic mass is 16.1. The molecule has 1 saturated carbocycles. The first-order valence-electron chi connectivity index (χ1n) is 6.26. The van der Waals surface area contributed by atoms with Crippen LogP contribution in [0.2, 0.25) is 0 Å². The van der Waals surface area contributed by atoms with Crippen LogP contribution < -0.4 is 10.9 Å². The van der Waals surface area contributed by atoms with Crippen LogP contribution in [0, 0.1) is 10.8 Å². The minimum atomic E-state index is 0.0728. The monoisotopic (exact) mass is 234 g/mol. The van der Waals surface area contributed by atoms with Crippen LogP contribution in [0.3, 0.4) is 0 Å². The summed E-state index contributed by atoms with van der Waals surface area (Å²) in [6, 6.07) is 5.82. The van der Waals surface area contributed by atoms with Gasteiger partial charge >= 0.3 is 0 Å². The van der Waals surface area contributed by atoms with Gasteiger partial charge in [-0.15, -0.1) is 0 Å². The SMILES string of the molecule is CC1(C)C(NCCn2ccccc2=O)C1(C)C. The second-order valence-electron chi connectivity index (χ2n) is 6.06. The lowest BCUT2D eigenvalue weighted by Crippen LogP contribution is -2.29. The second-order valence-corrected chi connectivity index (χ2v) is 6.06. The molecule has 0 atom stereocenters. The minimum absolute atomic E-state index is 0.0728. The van der Waals surface area contributed by atoms with Crippen LogP contribution in [-0.2, 0) is 6.54 Å². The Balaban J connectivity index is 1.87. The van der Waals surface area contributed by atoms with E-state index in [-0.39, 0.29) is 5.56 Å². The summed E-state index contributed by atoms with van der Waals surface area (Å²) in [4.78, 5) is 11.5. The summed E-state index contributed by atoms with van der Waals surface area (Å²) in [7, 11) is 0. The largest absolute Gasteiger partial charge is 0.314 e. The van der Waals surface area contributed by atoms with Gasteiger partial charge < -0.3 is 9.88 Å². The maximum atomic E-state index is 11.5. The predicted molar refractivity (Wildman–Crippen MR) is 70.1 cm³/mol. The summed E-state index contributed by atoms with van der Waals surface area (Å²) >= 11 is 0. The molecule has 1 aliphatic rings. The lowest BCUT2D eigenvalue weighted by atomic mass is 10.0. The Kier molecular flexibility index (Phi) is 2.90. The number of aromatic nitrogens is 1. The summed E-state index contributed by atoms with van der Waals surface area (Å²) in [6.07, 6.45) is 1.84. The number of pyridine rings is 1. The van der Waals surface area contributed by atoms with Crippen molar-refractivity contribution in [3.05, 3.63) is 34.7 Å². The van der Waals surface area contributed by atoms with E-state index in [1.807, 2.05) is 12.3 Å². The van der Waals surface area contributed by atoms with E-state index in [1.54, 1.807) is 16.7 Å². The van der Waals surface area contributed by atoms with Crippen molar-refractivity contribution in [1.29, 1.82) is 0 Å². The molecule has 1 fully saturated rings. The normalized spacial score (nSPS) is 21.4. The molecule has 94 valence electrons. The third-order valence-corrected chi connectivity index (χ3v) is 4.62. The smallest absolute Gasteiger partial charge is 0.250 e. The van der Waals surface area contributed by atoms with Gasteiger partial charge in [0.05, 0.1) is 0 Å². The predicted octanol–water partition coefficient (Wildman–Crippen LogP) is 1.87. The number of hydrogen-bond donors (Lipinski definition) is 1. The Morgan fingerprint density at radius 3 is 2.41 bits per heavy atom. The molecule has 0 spiro atoms. The van der Waals surface area contributed by atoms with E-state index in [0.29, 0.717) is 16.9 Å². The third kappa shape index (κ3) is 2.04. The molecule has 0 amide bonds. The molecule has 0 bridgehead atoms. The van der Waals surface area contributed by atoms with E-state index >= 15 is 0 Å². The third-order valence-electron chi connectivity index (χ3n) is 4.62. The van der Waals surface area contributed by atoms with Crippen LogP contribution in [-0.4, -0.2) is 17.2 Å². The Morgan fingerprint density at radius 2 is 1.88 bits per heavy atom. The van der Waals surface area contributed by atoms with Gasteiger partial charge in [0.15, 0.2) is 0 Å². The van der Waals surface area contributed by atoms with E-state index in [1.165, 1.54) is 0 Å². The Hall–Kier alpha value is -1.09. The molecule has 0 aliphatic heterocycles. The molecule has 0 unspecified atom stereocenters. The van der Waals surface area contributed by atoms with Gasteiger partial charge in [0, 0.05) is 31.4 Å². The highest BCUT2D eigenvalue weighted by Crippen LogP contribution is 2.62. The molecule has 3 heteroatoms. The average Bonchev–Trinajstić information content (AvgIpc) is 2.63. The molecule has 0 saturated heterocycles. The lowest BCUT2D eigenvalue weighted by molar-refractivity contribution is 0.457. The number of rotatable bonds is 4. The molecular formula is C14H22N2O. The standard InChI is InChI=1S/C14H22N2O/c1-13(2)12(14(13,3)4)15-8-10-16-9-6-5-7-11(16)17/h5-7,9,12,15H,8,10H2,1-4H3. The van der Waals surface area contributed by atoms with Crippen molar-refractivity contribution in [2.45, 2.75) is 40.3 Å². The van der Waals surface area contributed by atoms with E-state index in [9.17, 15) is 4.79 Å². The van der Waals surface area contributed by atoms with Crippen LogP contribution in [0.15, 0.2) is 29.2 Å². The van der Waals surface area contributed by atoms with Crippen molar-refractivity contribution in [3.8, 4) is 0 Å². The van der Waals surface area contributed by atoms with Gasteiger partial charge in [-0.3, -0.25) is 4.79 Å². The zero-order chi connectivity index (χ0) is 12.7. The maximum Gasteiger partial charge on any atom is 0.250 e. The Bertz CT molecular complexity index is 445. The van der Waals surface area contributed by atoms with Gasteiger partial charge in [-0.1, -0.05) is 33.8 Å². The van der Waals surface area contributed by atoms with Gasteiger partial charge in [-0.2, -0.15) is 0 Å². The van der Waals surface area contributed by atoms with Crippen molar-refractivity contribution in [2.24, 2.45) is 10.8 Å². The quantitative estimate of drug-likeness (QED) is 0.863. The van der Waals surface area contributed by atoms with Crippen molar-refractivity contribution >= 4 is 0 Å². The number of hydrogen-bond acceptors (Lipinski definition) is 2. The van der Waals surface area contributed by atoms with E-state index < -0.39 is 0 Å². The first-order chi connectivity index (χ1) is 7.87. The molecule has 1 aromatic heterocycles. The van der Waals surface area contributed by atoms with Crippen molar-refractivity contribution in [1.82, 2.24) is 9.88 Å². The van der Waals surface area contributed by atoms with Gasteiger partial charge in [0.25, 0.3) is 5.56 Å². The van der Waals surface area contributed by atoms with Crippen LogP contribution in [0.1, 0.15) is 27.7 Å². The molecule has 0 radical (unpaired) electrons. The number of nitrogens with one attached hydrogen (secondary N) is 1. The summed E-state index contributed by atoms with van der Waals surface area (Å²) in [5.41, 5.74) is 0.784. The van der Waals surface area contributed by atoms with Gasteiger partial charge in [0.2, 0.25) is 0 Å². The number of nitrogens with zero attached hydrogens (tertiary/aromatic N) is 1. The Labute approximate surface area is 103 Å². The van der Waals surface area contributed by atoms with Crippen LogP contribution >= 0.6 is 0 Å². The molecule has 17 heavy (non-hydrogen) atoms. The van der Waals surface area contributed by atoms with Crippen LogP contribution in [0.25, 0.3) is 0 Å².